The molecule has 0 saturated carbocycles. The van der Waals surface area contributed by atoms with Crippen molar-refractivity contribution < 1.29 is 24.5 Å². The van der Waals surface area contributed by atoms with Crippen LogP contribution in [0.2, 0.25) is 0 Å². The van der Waals surface area contributed by atoms with Crippen LogP contribution in [-0.2, 0) is 9.53 Å². The molecule has 0 radical (unpaired) electrons. The molecule has 0 aliphatic carbocycles. The van der Waals surface area contributed by atoms with Crippen LogP contribution >= 0.6 is 0 Å². The van der Waals surface area contributed by atoms with E-state index in [1.54, 1.807) is 24.3 Å². The van der Waals surface area contributed by atoms with Gasteiger partial charge in [-0.2, -0.15) is 0 Å². The average Bonchev–Trinajstić information content (AvgIpc) is 2.61. The molecule has 2 aromatic rings. The zero-order chi connectivity index (χ0) is 17.1. The minimum absolute atomic E-state index is 0.0319. The highest BCUT2D eigenvalue weighted by Crippen LogP contribution is 2.13. The largest absolute Gasteiger partial charge is 0.508 e. The van der Waals surface area contributed by atoms with E-state index in [9.17, 15) is 9.59 Å². The van der Waals surface area contributed by atoms with Crippen LogP contribution in [0.5, 0.6) is 5.75 Å². The number of ether oxygens (including phenoxy) is 1. The molecular formula is C18H18O5. The van der Waals surface area contributed by atoms with Crippen LogP contribution in [0.25, 0.3) is 0 Å². The monoisotopic (exact) mass is 314 g/mol. The van der Waals surface area contributed by atoms with Gasteiger partial charge in [0.05, 0.1) is 6.61 Å². The third-order valence-electron chi connectivity index (χ3n) is 2.67. The van der Waals surface area contributed by atoms with Crippen molar-refractivity contribution in [1.82, 2.24) is 0 Å². The minimum atomic E-state index is -0.501. The van der Waals surface area contributed by atoms with Crippen molar-refractivity contribution in [2.75, 3.05) is 13.2 Å². The van der Waals surface area contributed by atoms with Crippen LogP contribution in [0.3, 0.4) is 0 Å². The first kappa shape index (κ1) is 18.1. The third kappa shape index (κ3) is 6.58. The van der Waals surface area contributed by atoms with E-state index in [4.69, 9.17) is 10.2 Å². The topological polar surface area (TPSA) is 83.8 Å². The second-order valence-corrected chi connectivity index (χ2v) is 4.34. The molecule has 0 amide bonds. The van der Waals surface area contributed by atoms with Gasteiger partial charge in [-0.25, -0.2) is 4.79 Å². The summed E-state index contributed by atoms with van der Waals surface area (Å²) in [5.41, 5.74) is 1.24. The number of hydrogen-bond acceptors (Lipinski definition) is 5. The Morgan fingerprint density at radius 2 is 1.57 bits per heavy atom. The summed E-state index contributed by atoms with van der Waals surface area (Å²) in [7, 11) is 0. The Morgan fingerprint density at radius 1 is 1.00 bits per heavy atom. The normalized spacial score (nSPS) is 9.26. The first-order valence-electron chi connectivity index (χ1n) is 6.87. The van der Waals surface area contributed by atoms with Crippen molar-refractivity contribution in [3.05, 3.63) is 78.4 Å². The molecule has 23 heavy (non-hydrogen) atoms. The number of phenols is 1. The van der Waals surface area contributed by atoms with Crippen molar-refractivity contribution in [1.29, 1.82) is 0 Å². The van der Waals surface area contributed by atoms with Gasteiger partial charge in [0.2, 0.25) is 0 Å². The number of esters is 1. The molecule has 5 heteroatoms. The van der Waals surface area contributed by atoms with Gasteiger partial charge in [0.15, 0.2) is 5.78 Å². The molecule has 0 aliphatic heterocycles. The highest BCUT2D eigenvalue weighted by molar-refractivity contribution is 6.08. The maximum atomic E-state index is 11.9. The number of aliphatic hydroxyl groups excluding tert-OH is 1. The zero-order valence-electron chi connectivity index (χ0n) is 12.5. The fourth-order valence-corrected chi connectivity index (χ4v) is 1.57. The smallest absolute Gasteiger partial charge is 0.330 e. The Kier molecular flexibility index (Phi) is 7.82. The van der Waals surface area contributed by atoms with Gasteiger partial charge < -0.3 is 14.9 Å². The number of aliphatic hydroxyl groups is 1. The molecule has 0 heterocycles. The molecule has 0 aliphatic rings. The molecule has 2 rings (SSSR count). The van der Waals surface area contributed by atoms with Gasteiger partial charge >= 0.3 is 5.97 Å². The minimum Gasteiger partial charge on any atom is -0.508 e. The van der Waals surface area contributed by atoms with Gasteiger partial charge in [0.1, 0.15) is 12.4 Å². The molecule has 0 spiro atoms. The molecule has 5 nitrogen and oxygen atoms in total. The SMILES string of the molecule is C=CC(=O)OCCO.O=C(c1ccccc1)c1ccc(O)cc1. The number of carbonyl (C=O) groups excluding carboxylic acids is 2. The van der Waals surface area contributed by atoms with E-state index in [0.29, 0.717) is 11.1 Å². The van der Waals surface area contributed by atoms with Crippen LogP contribution < -0.4 is 0 Å². The first-order valence-corrected chi connectivity index (χ1v) is 6.87. The highest BCUT2D eigenvalue weighted by atomic mass is 16.5. The van der Waals surface area contributed by atoms with Gasteiger partial charge in [0, 0.05) is 17.2 Å². The van der Waals surface area contributed by atoms with Gasteiger partial charge in [0.25, 0.3) is 0 Å². The summed E-state index contributed by atoms with van der Waals surface area (Å²) in [6.07, 6.45) is 1.05. The van der Waals surface area contributed by atoms with Crippen molar-refractivity contribution in [2.45, 2.75) is 0 Å². The van der Waals surface area contributed by atoms with Gasteiger partial charge in [-0.1, -0.05) is 36.9 Å². The maximum absolute atomic E-state index is 11.9. The fourth-order valence-electron chi connectivity index (χ4n) is 1.57. The lowest BCUT2D eigenvalue weighted by Crippen LogP contribution is -2.04. The van der Waals surface area contributed by atoms with E-state index < -0.39 is 5.97 Å². The molecular weight excluding hydrogens is 296 g/mol. The zero-order valence-corrected chi connectivity index (χ0v) is 12.5. The number of benzene rings is 2. The molecule has 0 fully saturated rings. The van der Waals surface area contributed by atoms with E-state index in [0.717, 1.165) is 6.08 Å². The molecule has 0 bridgehead atoms. The second-order valence-electron chi connectivity index (χ2n) is 4.34. The fraction of sp³-hybridized carbons (Fsp3) is 0.111. The summed E-state index contributed by atoms with van der Waals surface area (Å²) in [6, 6.07) is 15.3. The lowest BCUT2D eigenvalue weighted by atomic mass is 10.0. The van der Waals surface area contributed by atoms with Crippen molar-refractivity contribution >= 4 is 11.8 Å². The Morgan fingerprint density at radius 3 is 2.09 bits per heavy atom. The van der Waals surface area contributed by atoms with Crippen LogP contribution in [0.4, 0.5) is 0 Å². The Bertz CT molecular complexity index is 632. The number of carbonyl (C=O) groups is 2. The molecule has 0 saturated heterocycles. The third-order valence-corrected chi connectivity index (χ3v) is 2.67. The summed E-state index contributed by atoms with van der Waals surface area (Å²) in [5.74, 6) is -0.366. The Labute approximate surface area is 134 Å². The number of hydrogen-bond donors (Lipinski definition) is 2. The first-order chi connectivity index (χ1) is 11.1. The van der Waals surface area contributed by atoms with Crippen LogP contribution in [0.15, 0.2) is 67.3 Å². The Balaban J connectivity index is 0.000000284. The van der Waals surface area contributed by atoms with Crippen molar-refractivity contribution in [2.24, 2.45) is 0 Å². The predicted molar refractivity (Wildman–Crippen MR) is 86.2 cm³/mol. The second kappa shape index (κ2) is 9.92. The summed E-state index contributed by atoms with van der Waals surface area (Å²) < 4.78 is 4.33. The van der Waals surface area contributed by atoms with Crippen LogP contribution in [-0.4, -0.2) is 35.2 Å². The quantitative estimate of drug-likeness (QED) is 0.503. The van der Waals surface area contributed by atoms with Gasteiger partial charge in [-0.3, -0.25) is 4.79 Å². The standard InChI is InChI=1S/C13H10O2.C5H8O3/c14-12-8-6-11(7-9-12)13(15)10-4-2-1-3-5-10;1-2-5(7)8-4-3-6/h1-9,14H;2,6H,1,3-4H2. The molecule has 2 N–H and O–H groups in total. The summed E-state index contributed by atoms with van der Waals surface area (Å²) in [4.78, 5) is 22.0. The summed E-state index contributed by atoms with van der Waals surface area (Å²) in [6.45, 7) is 3.06. The summed E-state index contributed by atoms with van der Waals surface area (Å²) in [5, 5.41) is 17.2. The van der Waals surface area contributed by atoms with E-state index in [1.165, 1.54) is 12.1 Å². The maximum Gasteiger partial charge on any atom is 0.330 e. The summed E-state index contributed by atoms with van der Waals surface area (Å²) >= 11 is 0. The van der Waals surface area contributed by atoms with Crippen LogP contribution in [0, 0.1) is 0 Å². The highest BCUT2D eigenvalue weighted by Gasteiger charge is 2.07. The van der Waals surface area contributed by atoms with E-state index in [2.05, 4.69) is 11.3 Å². The predicted octanol–water partition coefficient (Wildman–Crippen LogP) is 2.33. The molecule has 0 aromatic heterocycles. The van der Waals surface area contributed by atoms with Crippen LogP contribution in [0.1, 0.15) is 15.9 Å². The molecule has 120 valence electrons. The molecule has 0 atom stereocenters. The lowest BCUT2D eigenvalue weighted by molar-refractivity contribution is -0.138. The van der Waals surface area contributed by atoms with Gasteiger partial charge in [-0.15, -0.1) is 0 Å². The average molecular weight is 314 g/mol. The van der Waals surface area contributed by atoms with E-state index in [1.807, 2.05) is 18.2 Å². The number of rotatable bonds is 5. The van der Waals surface area contributed by atoms with Gasteiger partial charge in [-0.05, 0) is 24.3 Å². The molecule has 0 unspecified atom stereocenters. The number of aromatic hydroxyl groups is 1. The molecule has 2 aromatic carbocycles. The Hall–Kier alpha value is -2.92. The van der Waals surface area contributed by atoms with E-state index >= 15 is 0 Å². The number of phenolic OH excluding ortho intramolecular Hbond substituents is 1. The van der Waals surface area contributed by atoms with Crippen molar-refractivity contribution in [3.63, 3.8) is 0 Å². The lowest BCUT2D eigenvalue weighted by Gasteiger charge is -2.00. The van der Waals surface area contributed by atoms with Crippen molar-refractivity contribution in [3.8, 4) is 5.75 Å². The van der Waals surface area contributed by atoms with E-state index in [-0.39, 0.29) is 24.7 Å². The number of ketones is 1.